The summed E-state index contributed by atoms with van der Waals surface area (Å²) in [6.07, 6.45) is 0. The maximum Gasteiger partial charge on any atom is 0.259 e. The third-order valence-corrected chi connectivity index (χ3v) is 4.02. The highest BCUT2D eigenvalue weighted by Crippen LogP contribution is 2.23. The molecule has 0 bridgehead atoms. The minimum Gasteiger partial charge on any atom is -0.311 e. The second-order valence-corrected chi connectivity index (χ2v) is 6.07. The van der Waals surface area contributed by atoms with Gasteiger partial charge in [0.1, 0.15) is 5.82 Å². The predicted octanol–water partition coefficient (Wildman–Crippen LogP) is 4.47. The molecule has 19 heavy (non-hydrogen) atoms. The van der Waals surface area contributed by atoms with Crippen molar-refractivity contribution in [3.8, 4) is 0 Å². The molecule has 0 unspecified atom stereocenters. The number of hydrogen-bond donors (Lipinski definition) is 0. The van der Waals surface area contributed by atoms with Crippen molar-refractivity contribution in [2.24, 2.45) is 0 Å². The molecule has 2 aromatic carbocycles. The molecule has 0 aliphatic heterocycles. The van der Waals surface area contributed by atoms with Gasteiger partial charge in [0.25, 0.3) is 5.91 Å². The van der Waals surface area contributed by atoms with Gasteiger partial charge >= 0.3 is 0 Å². The molecule has 0 atom stereocenters. The van der Waals surface area contributed by atoms with E-state index in [1.54, 1.807) is 25.2 Å². The minimum absolute atomic E-state index is 0.184. The molecule has 0 saturated carbocycles. The van der Waals surface area contributed by atoms with Gasteiger partial charge in [-0.15, -0.1) is 0 Å². The standard InChI is InChI=1S/C14H10BrFINO/c1-18(11-4-2-3-9(16)7-11)14(19)12-8-10(17)5-6-13(12)15/h2-8H,1H3. The van der Waals surface area contributed by atoms with Crippen molar-refractivity contribution in [3.05, 3.63) is 61.9 Å². The Bertz CT molecular complexity index is 633. The zero-order valence-electron chi connectivity index (χ0n) is 10.0. The van der Waals surface area contributed by atoms with E-state index in [2.05, 4.69) is 38.5 Å². The van der Waals surface area contributed by atoms with Gasteiger partial charge in [0.05, 0.1) is 5.56 Å². The normalized spacial score (nSPS) is 10.3. The van der Waals surface area contributed by atoms with Gasteiger partial charge in [-0.2, -0.15) is 0 Å². The van der Waals surface area contributed by atoms with E-state index in [1.807, 2.05) is 12.1 Å². The quantitative estimate of drug-likeness (QED) is 0.640. The van der Waals surface area contributed by atoms with Crippen LogP contribution >= 0.6 is 38.5 Å². The van der Waals surface area contributed by atoms with Crippen molar-refractivity contribution in [3.63, 3.8) is 0 Å². The molecular weight excluding hydrogens is 424 g/mol. The number of halogens is 3. The second-order valence-electron chi connectivity index (χ2n) is 3.97. The van der Waals surface area contributed by atoms with Gasteiger partial charge in [-0.25, -0.2) is 4.39 Å². The van der Waals surface area contributed by atoms with E-state index in [4.69, 9.17) is 0 Å². The van der Waals surface area contributed by atoms with Gasteiger partial charge in [0.15, 0.2) is 0 Å². The van der Waals surface area contributed by atoms with Crippen LogP contribution in [0.3, 0.4) is 0 Å². The summed E-state index contributed by atoms with van der Waals surface area (Å²) in [6.45, 7) is 0. The lowest BCUT2D eigenvalue weighted by Crippen LogP contribution is -2.26. The number of benzene rings is 2. The molecule has 5 heteroatoms. The van der Waals surface area contributed by atoms with Crippen LogP contribution in [0.5, 0.6) is 0 Å². The molecule has 2 rings (SSSR count). The summed E-state index contributed by atoms with van der Waals surface area (Å²) in [6, 6.07) is 11.5. The van der Waals surface area contributed by atoms with Gasteiger partial charge in [0, 0.05) is 20.8 Å². The third-order valence-electron chi connectivity index (χ3n) is 2.66. The number of carbonyl (C=O) groups excluding carboxylic acids is 1. The Labute approximate surface area is 132 Å². The fourth-order valence-electron chi connectivity index (χ4n) is 1.64. The zero-order chi connectivity index (χ0) is 14.0. The van der Waals surface area contributed by atoms with Gasteiger partial charge in [0.2, 0.25) is 0 Å². The van der Waals surface area contributed by atoms with Crippen molar-refractivity contribution >= 4 is 50.1 Å². The Morgan fingerprint density at radius 2 is 2.00 bits per heavy atom. The van der Waals surface area contributed by atoms with Crippen molar-refractivity contribution < 1.29 is 9.18 Å². The van der Waals surface area contributed by atoms with Crippen LogP contribution in [0, 0.1) is 9.39 Å². The zero-order valence-corrected chi connectivity index (χ0v) is 13.8. The molecule has 0 N–H and O–H groups in total. The Morgan fingerprint density at radius 1 is 1.26 bits per heavy atom. The largest absolute Gasteiger partial charge is 0.311 e. The predicted molar refractivity (Wildman–Crippen MR) is 86.0 cm³/mol. The smallest absolute Gasteiger partial charge is 0.259 e. The van der Waals surface area contributed by atoms with Crippen LogP contribution in [-0.4, -0.2) is 13.0 Å². The first-order chi connectivity index (χ1) is 8.99. The summed E-state index contributed by atoms with van der Waals surface area (Å²) in [7, 11) is 1.63. The fourth-order valence-corrected chi connectivity index (χ4v) is 2.55. The first-order valence-corrected chi connectivity index (χ1v) is 7.35. The van der Waals surface area contributed by atoms with E-state index < -0.39 is 0 Å². The van der Waals surface area contributed by atoms with Crippen LogP contribution in [0.25, 0.3) is 0 Å². The van der Waals surface area contributed by atoms with Crippen LogP contribution in [0.4, 0.5) is 10.1 Å². The van der Waals surface area contributed by atoms with Crippen LogP contribution in [-0.2, 0) is 0 Å². The van der Waals surface area contributed by atoms with Crippen LogP contribution in [0.15, 0.2) is 46.9 Å². The van der Waals surface area contributed by atoms with Crippen molar-refractivity contribution in [2.75, 3.05) is 11.9 Å². The summed E-state index contributed by atoms with van der Waals surface area (Å²) in [4.78, 5) is 13.8. The monoisotopic (exact) mass is 433 g/mol. The average molecular weight is 434 g/mol. The number of amides is 1. The topological polar surface area (TPSA) is 20.3 Å². The number of carbonyl (C=O) groups is 1. The lowest BCUT2D eigenvalue weighted by molar-refractivity contribution is 0.0992. The first kappa shape index (κ1) is 14.5. The highest BCUT2D eigenvalue weighted by atomic mass is 127. The summed E-state index contributed by atoms with van der Waals surface area (Å²) in [5.41, 5.74) is 1.08. The Balaban J connectivity index is 2.36. The molecular formula is C14H10BrFINO. The summed E-state index contributed by atoms with van der Waals surface area (Å²) in [5.74, 6) is -0.546. The molecule has 0 aliphatic rings. The molecule has 0 heterocycles. The van der Waals surface area contributed by atoms with E-state index in [1.165, 1.54) is 17.0 Å². The molecule has 2 nitrogen and oxygen atoms in total. The number of nitrogens with zero attached hydrogens (tertiary/aromatic N) is 1. The maximum absolute atomic E-state index is 13.2. The highest BCUT2D eigenvalue weighted by Gasteiger charge is 2.17. The maximum atomic E-state index is 13.2. The minimum atomic E-state index is -0.362. The lowest BCUT2D eigenvalue weighted by atomic mass is 10.2. The molecule has 0 aliphatic carbocycles. The molecule has 0 fully saturated rings. The summed E-state index contributed by atoms with van der Waals surface area (Å²) in [5, 5.41) is 0. The van der Waals surface area contributed by atoms with E-state index in [-0.39, 0.29) is 11.7 Å². The summed E-state index contributed by atoms with van der Waals surface area (Å²) >= 11 is 5.51. The molecule has 1 amide bonds. The average Bonchev–Trinajstić information content (AvgIpc) is 2.40. The van der Waals surface area contributed by atoms with E-state index >= 15 is 0 Å². The van der Waals surface area contributed by atoms with Crippen LogP contribution in [0.2, 0.25) is 0 Å². The molecule has 0 saturated heterocycles. The molecule has 0 spiro atoms. The number of anilines is 1. The number of rotatable bonds is 2. The SMILES string of the molecule is CN(C(=O)c1cc(I)ccc1Br)c1cccc(F)c1. The van der Waals surface area contributed by atoms with E-state index in [0.29, 0.717) is 11.3 Å². The van der Waals surface area contributed by atoms with Crippen LogP contribution < -0.4 is 4.90 Å². The van der Waals surface area contributed by atoms with Crippen LogP contribution in [0.1, 0.15) is 10.4 Å². The van der Waals surface area contributed by atoms with Crippen molar-refractivity contribution in [2.45, 2.75) is 0 Å². The highest BCUT2D eigenvalue weighted by molar-refractivity contribution is 14.1. The van der Waals surface area contributed by atoms with Gasteiger partial charge in [-0.3, -0.25) is 4.79 Å². The van der Waals surface area contributed by atoms with E-state index in [0.717, 1.165) is 8.04 Å². The van der Waals surface area contributed by atoms with Crippen molar-refractivity contribution in [1.29, 1.82) is 0 Å². The summed E-state index contributed by atoms with van der Waals surface area (Å²) < 4.78 is 14.9. The number of hydrogen-bond acceptors (Lipinski definition) is 1. The Kier molecular flexibility index (Phi) is 4.57. The Hall–Kier alpha value is -0.950. The molecule has 0 aromatic heterocycles. The first-order valence-electron chi connectivity index (χ1n) is 5.47. The van der Waals surface area contributed by atoms with Crippen molar-refractivity contribution in [1.82, 2.24) is 0 Å². The lowest BCUT2D eigenvalue weighted by Gasteiger charge is -2.18. The van der Waals surface area contributed by atoms with Gasteiger partial charge < -0.3 is 4.90 Å². The van der Waals surface area contributed by atoms with E-state index in [9.17, 15) is 9.18 Å². The molecule has 98 valence electrons. The Morgan fingerprint density at radius 3 is 2.68 bits per heavy atom. The fraction of sp³-hybridized carbons (Fsp3) is 0.0714. The van der Waals surface area contributed by atoms with Gasteiger partial charge in [-0.05, 0) is 74.9 Å². The molecule has 2 aromatic rings. The molecule has 0 radical (unpaired) electrons. The third kappa shape index (κ3) is 3.33. The second kappa shape index (κ2) is 6.00. The van der Waals surface area contributed by atoms with Gasteiger partial charge in [-0.1, -0.05) is 6.07 Å².